The third kappa shape index (κ3) is 2.72. The van der Waals surface area contributed by atoms with E-state index in [0.29, 0.717) is 16.5 Å². The van der Waals surface area contributed by atoms with Crippen LogP contribution in [0.2, 0.25) is 0 Å². The number of hydrogen-bond donors (Lipinski definition) is 0. The van der Waals surface area contributed by atoms with Crippen LogP contribution in [0.4, 0.5) is 13.2 Å². The summed E-state index contributed by atoms with van der Waals surface area (Å²) < 4.78 is 44.0. The Morgan fingerprint density at radius 1 is 0.778 bits per heavy atom. The van der Waals surface area contributed by atoms with Crippen LogP contribution < -0.4 is 0 Å². The van der Waals surface area contributed by atoms with Gasteiger partial charge in [-0.1, -0.05) is 0 Å². The fourth-order valence-corrected chi connectivity index (χ4v) is 6.51. The Labute approximate surface area is 161 Å². The summed E-state index contributed by atoms with van der Waals surface area (Å²) in [7, 11) is 0. The van der Waals surface area contributed by atoms with Gasteiger partial charge >= 0.3 is 162 Å². The van der Waals surface area contributed by atoms with Crippen molar-refractivity contribution in [2.24, 2.45) is 0 Å². The van der Waals surface area contributed by atoms with Crippen LogP contribution in [0.25, 0.3) is 39.7 Å². The van der Waals surface area contributed by atoms with E-state index in [1.165, 1.54) is 15.8 Å². The van der Waals surface area contributed by atoms with Crippen LogP contribution in [0.15, 0.2) is 67.0 Å². The van der Waals surface area contributed by atoms with Gasteiger partial charge in [-0.3, -0.25) is 0 Å². The summed E-state index contributed by atoms with van der Waals surface area (Å²) in [5.41, 5.74) is -0.0960. The molecule has 5 aromatic rings. The van der Waals surface area contributed by atoms with E-state index < -0.39 is 32.2 Å². The maximum absolute atomic E-state index is 13.9. The van der Waals surface area contributed by atoms with Crippen molar-refractivity contribution in [3.8, 4) is 9.27 Å². The molecule has 0 aliphatic carbocycles. The first-order chi connectivity index (χ1) is 13.0. The van der Waals surface area contributed by atoms with Crippen molar-refractivity contribution in [1.29, 1.82) is 0 Å². The summed E-state index contributed by atoms with van der Waals surface area (Å²) in [5, 5.41) is 2.32. The Morgan fingerprint density at radius 2 is 1.52 bits per heavy atom. The van der Waals surface area contributed by atoms with Crippen molar-refractivity contribution in [2.45, 2.75) is 6.18 Å². The van der Waals surface area contributed by atoms with Gasteiger partial charge < -0.3 is 0 Å². The molecular weight excluding hydrogens is 465 g/mol. The molecule has 0 aliphatic heterocycles. The Hall–Kier alpha value is -2.42. The van der Waals surface area contributed by atoms with Crippen molar-refractivity contribution in [1.82, 2.24) is 9.97 Å². The molecule has 2 nitrogen and oxygen atoms in total. The third-order valence-electron chi connectivity index (χ3n) is 4.59. The molecule has 0 amide bonds. The Bertz CT molecular complexity index is 1290. The number of rotatable bonds is 1. The van der Waals surface area contributed by atoms with Gasteiger partial charge in [0.1, 0.15) is 0 Å². The molecule has 0 spiro atoms. The number of hydrogen-bond acceptors (Lipinski definition) is 2. The fraction of sp³-hybridized carbons (Fsp3) is 0.0476. The van der Waals surface area contributed by atoms with E-state index in [2.05, 4.69) is 22.1 Å². The van der Waals surface area contributed by atoms with E-state index in [-0.39, 0.29) is 10.9 Å². The van der Waals surface area contributed by atoms with Crippen molar-refractivity contribution in [3.05, 3.63) is 72.6 Å². The van der Waals surface area contributed by atoms with E-state index >= 15 is 0 Å². The second-order valence-electron chi connectivity index (χ2n) is 6.24. The van der Waals surface area contributed by atoms with Gasteiger partial charge in [0.25, 0.3) is 0 Å². The number of benzene rings is 3. The predicted molar refractivity (Wildman–Crippen MR) is 102 cm³/mol. The molecule has 0 bridgehead atoms. The van der Waals surface area contributed by atoms with Gasteiger partial charge in [-0.15, -0.1) is 0 Å². The van der Waals surface area contributed by atoms with Gasteiger partial charge in [-0.25, -0.2) is 0 Å². The number of alkyl halides is 3. The summed E-state index contributed by atoms with van der Waals surface area (Å²) in [6, 6.07) is 18.5. The molecule has 27 heavy (non-hydrogen) atoms. The van der Waals surface area contributed by atoms with E-state index in [1.807, 2.05) is 18.2 Å². The maximum atomic E-state index is 13.9. The van der Waals surface area contributed by atoms with Gasteiger partial charge in [0.05, 0.1) is 0 Å². The van der Waals surface area contributed by atoms with E-state index in [0.717, 1.165) is 8.97 Å². The minimum absolute atomic E-state index is 0.0319. The average Bonchev–Trinajstić information content (AvgIpc) is 3.08. The summed E-state index contributed by atoms with van der Waals surface area (Å²) in [6.45, 7) is 0. The van der Waals surface area contributed by atoms with Crippen molar-refractivity contribution >= 4 is 50.9 Å². The molecule has 0 radical (unpaired) electrons. The molecule has 0 fully saturated rings. The van der Waals surface area contributed by atoms with Gasteiger partial charge in [0.15, 0.2) is 0 Å². The summed E-state index contributed by atoms with van der Waals surface area (Å²) in [5.74, 6) is 0. The molecule has 2 heterocycles. The van der Waals surface area contributed by atoms with Gasteiger partial charge in [-0.2, -0.15) is 0 Å². The third-order valence-corrected chi connectivity index (χ3v) is 7.80. The molecule has 0 N–H and O–H groups in total. The van der Waals surface area contributed by atoms with Crippen LogP contribution in [-0.2, 0) is 6.18 Å². The quantitative estimate of drug-likeness (QED) is 0.230. The molecule has 0 atom stereocenters. The number of nitrogens with zero attached hydrogens (tertiary/aromatic N) is 2. The Kier molecular flexibility index (Phi) is 3.75. The summed E-state index contributed by atoms with van der Waals surface area (Å²) in [6.07, 6.45) is -3.24. The number of fused-ring (bicyclic) bond motifs is 3. The van der Waals surface area contributed by atoms with E-state index in [4.69, 9.17) is 0 Å². The van der Waals surface area contributed by atoms with Crippen LogP contribution in [0.5, 0.6) is 0 Å². The van der Waals surface area contributed by atoms with E-state index in [1.54, 1.807) is 24.3 Å². The summed E-state index contributed by atoms with van der Waals surface area (Å²) >= 11 is -0.697. The zero-order valence-electron chi connectivity index (χ0n) is 13.8. The van der Waals surface area contributed by atoms with Crippen LogP contribution in [0.3, 0.4) is 0 Å². The average molecular weight is 476 g/mol. The number of aromatic nitrogens is 2. The molecule has 6 heteroatoms. The van der Waals surface area contributed by atoms with Crippen LogP contribution >= 0.6 is 0 Å². The number of halogens is 3. The summed E-state index contributed by atoms with van der Waals surface area (Å²) in [4.78, 5) is 8.42. The Balaban J connectivity index is 1.91. The first kappa shape index (κ1) is 16.7. The second kappa shape index (κ2) is 6.05. The van der Waals surface area contributed by atoms with Crippen molar-refractivity contribution in [3.63, 3.8) is 0 Å². The second-order valence-corrected chi connectivity index (χ2v) is 9.33. The molecule has 2 aromatic heterocycles. The van der Waals surface area contributed by atoms with Crippen LogP contribution in [0, 0.1) is 0 Å². The zero-order chi connectivity index (χ0) is 18.6. The first-order valence-electron chi connectivity index (χ1n) is 8.25. The molecule has 0 saturated heterocycles. The molecule has 0 aliphatic rings. The van der Waals surface area contributed by atoms with Gasteiger partial charge in [-0.05, 0) is 0 Å². The van der Waals surface area contributed by atoms with Gasteiger partial charge in [0.2, 0.25) is 0 Å². The zero-order valence-corrected chi connectivity index (χ0v) is 16.1. The van der Waals surface area contributed by atoms with Crippen LogP contribution in [0.1, 0.15) is 5.56 Å². The predicted octanol–water partition coefficient (Wildman–Crippen LogP) is 5.68. The fourth-order valence-electron chi connectivity index (χ4n) is 3.45. The molecular formula is C21H11F3N2Te. The molecule has 132 valence electrons. The minimum atomic E-state index is -4.49. The van der Waals surface area contributed by atoms with Crippen LogP contribution in [-0.4, -0.2) is 30.4 Å². The molecule has 3 aromatic carbocycles. The molecule has 0 saturated carbocycles. The van der Waals surface area contributed by atoms with Crippen molar-refractivity contribution in [2.75, 3.05) is 0 Å². The first-order valence-corrected chi connectivity index (χ1v) is 10.6. The van der Waals surface area contributed by atoms with Crippen molar-refractivity contribution < 1.29 is 13.2 Å². The van der Waals surface area contributed by atoms with E-state index in [9.17, 15) is 13.2 Å². The molecule has 0 unspecified atom stereocenters. The molecule has 5 rings (SSSR count). The normalized spacial score (nSPS) is 12.3. The SMILES string of the molecule is FC(F)(F)c1c2ccccc2cc2c(-c3cc4ccccc4[te]3)ncnc12. The standard InChI is InChI=1S/C21H11F3N2Te/c22-21(23,24)18-14-7-3-1-5-12(14)9-15-19(25-11-26-20(15)18)17-10-13-6-2-4-8-16(13)27-17/h1-11H. The monoisotopic (exact) mass is 478 g/mol. The van der Waals surface area contributed by atoms with Gasteiger partial charge in [0, 0.05) is 0 Å². The topological polar surface area (TPSA) is 25.8 Å². The Morgan fingerprint density at radius 3 is 2.30 bits per heavy atom.